The van der Waals surface area contributed by atoms with Crippen molar-refractivity contribution in [3.8, 4) is 17.0 Å². The number of benzene rings is 1. The van der Waals surface area contributed by atoms with E-state index in [1.807, 2.05) is 47.1 Å². The van der Waals surface area contributed by atoms with Gasteiger partial charge in [-0.2, -0.15) is 0 Å². The minimum absolute atomic E-state index is 0.149. The largest absolute Gasteiger partial charge is 0.479 e. The predicted octanol–water partition coefficient (Wildman–Crippen LogP) is 2.30. The lowest BCUT2D eigenvalue weighted by atomic mass is 10.1. The van der Waals surface area contributed by atoms with Gasteiger partial charge in [0, 0.05) is 18.0 Å². The summed E-state index contributed by atoms with van der Waals surface area (Å²) in [4.78, 5) is 16.3. The minimum Gasteiger partial charge on any atom is -0.479 e. The smallest absolute Gasteiger partial charge is 0.265 e. The van der Waals surface area contributed by atoms with Crippen LogP contribution in [0.5, 0.6) is 5.75 Å². The fourth-order valence-corrected chi connectivity index (χ4v) is 2.54. The Morgan fingerprint density at radius 3 is 3.05 bits per heavy atom. The molecule has 1 atom stereocenters. The van der Waals surface area contributed by atoms with Crippen LogP contribution >= 0.6 is 0 Å². The average Bonchev–Trinajstić information content (AvgIpc) is 2.94. The number of pyridine rings is 1. The Morgan fingerprint density at radius 1 is 1.36 bits per heavy atom. The Balaban J connectivity index is 1.81. The van der Waals surface area contributed by atoms with Crippen molar-refractivity contribution in [1.82, 2.24) is 9.38 Å². The number of ether oxygens (including phenoxy) is 1. The maximum atomic E-state index is 11.7. The second-order valence-electron chi connectivity index (χ2n) is 5.28. The van der Waals surface area contributed by atoms with Crippen LogP contribution < -0.4 is 15.8 Å². The molecule has 1 aromatic carbocycles. The highest BCUT2D eigenvalue weighted by Crippen LogP contribution is 2.34. The summed E-state index contributed by atoms with van der Waals surface area (Å²) in [6.07, 6.45) is 3.32. The average molecular weight is 294 g/mol. The van der Waals surface area contributed by atoms with E-state index in [0.29, 0.717) is 22.8 Å². The SMILES string of the molecule is CC1Oc2ccc(-c3cn4cccc(N)c4n3)cc2NC1=O. The lowest BCUT2D eigenvalue weighted by molar-refractivity contribution is -0.122. The van der Waals surface area contributed by atoms with E-state index in [-0.39, 0.29) is 5.91 Å². The van der Waals surface area contributed by atoms with Crippen LogP contribution in [-0.2, 0) is 4.79 Å². The molecule has 0 saturated heterocycles. The molecule has 0 fully saturated rings. The Labute approximate surface area is 126 Å². The molecule has 0 saturated carbocycles. The normalized spacial score (nSPS) is 17.0. The van der Waals surface area contributed by atoms with Gasteiger partial charge < -0.3 is 20.2 Å². The van der Waals surface area contributed by atoms with Gasteiger partial charge in [-0.05, 0) is 37.3 Å². The summed E-state index contributed by atoms with van der Waals surface area (Å²) in [6.45, 7) is 1.72. The van der Waals surface area contributed by atoms with Crippen LogP contribution in [0, 0.1) is 0 Å². The third kappa shape index (κ3) is 1.88. The summed E-state index contributed by atoms with van der Waals surface area (Å²) >= 11 is 0. The molecule has 0 bridgehead atoms. The Morgan fingerprint density at radius 2 is 2.23 bits per heavy atom. The van der Waals surface area contributed by atoms with Crippen molar-refractivity contribution in [2.24, 2.45) is 0 Å². The van der Waals surface area contributed by atoms with E-state index in [0.717, 1.165) is 11.3 Å². The van der Waals surface area contributed by atoms with Gasteiger partial charge in [-0.15, -0.1) is 0 Å². The molecule has 22 heavy (non-hydrogen) atoms. The number of hydrogen-bond acceptors (Lipinski definition) is 4. The molecule has 3 N–H and O–H groups in total. The van der Waals surface area contributed by atoms with Gasteiger partial charge in [0.25, 0.3) is 5.91 Å². The molecule has 110 valence electrons. The number of amides is 1. The van der Waals surface area contributed by atoms with Crippen LogP contribution in [0.25, 0.3) is 16.9 Å². The van der Waals surface area contributed by atoms with Gasteiger partial charge in [-0.3, -0.25) is 4.79 Å². The quantitative estimate of drug-likeness (QED) is 0.721. The molecule has 0 radical (unpaired) electrons. The molecule has 4 rings (SSSR count). The van der Waals surface area contributed by atoms with E-state index >= 15 is 0 Å². The molecule has 3 heterocycles. The zero-order chi connectivity index (χ0) is 15.3. The third-order valence-electron chi connectivity index (χ3n) is 3.72. The number of nitrogen functional groups attached to an aromatic ring is 1. The van der Waals surface area contributed by atoms with E-state index in [4.69, 9.17) is 10.5 Å². The Bertz CT molecular complexity index is 900. The van der Waals surface area contributed by atoms with Crippen molar-refractivity contribution >= 4 is 22.9 Å². The second kappa shape index (κ2) is 4.49. The fraction of sp³-hybridized carbons (Fsp3) is 0.125. The number of nitrogens with two attached hydrogens (primary N) is 1. The summed E-state index contributed by atoms with van der Waals surface area (Å²) < 4.78 is 7.43. The number of carbonyl (C=O) groups excluding carboxylic acids is 1. The predicted molar refractivity (Wildman–Crippen MR) is 83.8 cm³/mol. The molecule has 0 spiro atoms. The molecule has 1 aliphatic heterocycles. The number of carbonyl (C=O) groups is 1. The van der Waals surface area contributed by atoms with Gasteiger partial charge in [-0.25, -0.2) is 4.98 Å². The van der Waals surface area contributed by atoms with Crippen molar-refractivity contribution in [3.05, 3.63) is 42.7 Å². The topological polar surface area (TPSA) is 81.7 Å². The van der Waals surface area contributed by atoms with Crippen LogP contribution in [0.15, 0.2) is 42.7 Å². The van der Waals surface area contributed by atoms with Crippen LogP contribution in [0.2, 0.25) is 0 Å². The van der Waals surface area contributed by atoms with E-state index in [1.54, 1.807) is 6.92 Å². The molecule has 6 heteroatoms. The molecule has 0 aliphatic carbocycles. The van der Waals surface area contributed by atoms with E-state index in [2.05, 4.69) is 10.3 Å². The van der Waals surface area contributed by atoms with Crippen LogP contribution in [0.3, 0.4) is 0 Å². The highest BCUT2D eigenvalue weighted by Gasteiger charge is 2.23. The monoisotopic (exact) mass is 294 g/mol. The number of fused-ring (bicyclic) bond motifs is 2. The van der Waals surface area contributed by atoms with Gasteiger partial charge in [0.05, 0.1) is 17.1 Å². The Kier molecular flexibility index (Phi) is 2.59. The number of aromatic nitrogens is 2. The fourth-order valence-electron chi connectivity index (χ4n) is 2.54. The molecule has 1 amide bonds. The van der Waals surface area contributed by atoms with Gasteiger partial charge in [0.1, 0.15) is 5.75 Å². The van der Waals surface area contributed by atoms with Crippen molar-refractivity contribution in [2.45, 2.75) is 13.0 Å². The van der Waals surface area contributed by atoms with E-state index < -0.39 is 6.10 Å². The van der Waals surface area contributed by atoms with Gasteiger partial charge in [0.2, 0.25) is 0 Å². The first kappa shape index (κ1) is 12.7. The number of hydrogen-bond donors (Lipinski definition) is 2. The van der Waals surface area contributed by atoms with Crippen molar-refractivity contribution in [3.63, 3.8) is 0 Å². The van der Waals surface area contributed by atoms with Crippen molar-refractivity contribution in [2.75, 3.05) is 11.1 Å². The van der Waals surface area contributed by atoms with Crippen LogP contribution in [0.4, 0.5) is 11.4 Å². The van der Waals surface area contributed by atoms with Gasteiger partial charge >= 0.3 is 0 Å². The molecular weight excluding hydrogens is 280 g/mol. The van der Waals surface area contributed by atoms with Crippen molar-refractivity contribution in [1.29, 1.82) is 0 Å². The third-order valence-corrected chi connectivity index (χ3v) is 3.72. The first-order chi connectivity index (χ1) is 10.6. The summed E-state index contributed by atoms with van der Waals surface area (Å²) in [5.74, 6) is 0.517. The molecular formula is C16H14N4O2. The number of nitrogens with zero attached hydrogens (tertiary/aromatic N) is 2. The summed E-state index contributed by atoms with van der Waals surface area (Å²) in [7, 11) is 0. The molecule has 6 nitrogen and oxygen atoms in total. The molecule has 1 aliphatic rings. The maximum absolute atomic E-state index is 11.7. The summed E-state index contributed by atoms with van der Waals surface area (Å²) in [5, 5.41) is 2.84. The molecule has 1 unspecified atom stereocenters. The Hall–Kier alpha value is -3.02. The highest BCUT2D eigenvalue weighted by atomic mass is 16.5. The van der Waals surface area contributed by atoms with Crippen LogP contribution in [0.1, 0.15) is 6.92 Å². The molecule has 2 aromatic heterocycles. The first-order valence-electron chi connectivity index (χ1n) is 6.97. The zero-order valence-corrected chi connectivity index (χ0v) is 11.9. The highest BCUT2D eigenvalue weighted by molar-refractivity contribution is 5.98. The number of rotatable bonds is 1. The van der Waals surface area contributed by atoms with E-state index in [1.165, 1.54) is 0 Å². The van der Waals surface area contributed by atoms with Crippen LogP contribution in [-0.4, -0.2) is 21.4 Å². The van der Waals surface area contributed by atoms with Gasteiger partial charge in [0.15, 0.2) is 11.8 Å². The first-order valence-corrected chi connectivity index (χ1v) is 6.97. The van der Waals surface area contributed by atoms with Crippen molar-refractivity contribution < 1.29 is 9.53 Å². The summed E-state index contributed by atoms with van der Waals surface area (Å²) in [5.41, 5.74) is 9.60. The number of imidazole rings is 1. The number of nitrogens with one attached hydrogen (secondary N) is 1. The molecule has 3 aromatic rings. The number of anilines is 2. The standard InChI is InChI=1S/C16H14N4O2/c1-9-16(21)19-12-7-10(4-5-14(12)22-9)13-8-20-6-2-3-11(17)15(20)18-13/h2-9H,17H2,1H3,(H,19,21). The lowest BCUT2D eigenvalue weighted by Gasteiger charge is -2.23. The zero-order valence-electron chi connectivity index (χ0n) is 11.9. The maximum Gasteiger partial charge on any atom is 0.265 e. The second-order valence-corrected chi connectivity index (χ2v) is 5.28. The van der Waals surface area contributed by atoms with Gasteiger partial charge in [-0.1, -0.05) is 0 Å². The minimum atomic E-state index is -0.478. The van der Waals surface area contributed by atoms with E-state index in [9.17, 15) is 4.79 Å². The lowest BCUT2D eigenvalue weighted by Crippen LogP contribution is -2.34. The summed E-state index contributed by atoms with van der Waals surface area (Å²) in [6, 6.07) is 9.30.